The molecule has 128 valence electrons. The SMILES string of the molecule is CCN=c1scc(-c2ccc([N+](=O)[O-])cc2)n1N=Cc1ccc(C)s1. The summed E-state index contributed by atoms with van der Waals surface area (Å²) in [5.41, 5.74) is 1.79. The van der Waals surface area contributed by atoms with E-state index in [2.05, 4.69) is 23.1 Å². The lowest BCUT2D eigenvalue weighted by molar-refractivity contribution is -0.384. The summed E-state index contributed by atoms with van der Waals surface area (Å²) in [6.45, 7) is 4.69. The molecule has 0 atom stereocenters. The first-order valence-electron chi connectivity index (χ1n) is 7.65. The van der Waals surface area contributed by atoms with Gasteiger partial charge in [-0.15, -0.1) is 22.7 Å². The zero-order chi connectivity index (χ0) is 17.8. The molecule has 3 rings (SSSR count). The molecule has 0 N–H and O–H groups in total. The second kappa shape index (κ2) is 7.54. The van der Waals surface area contributed by atoms with Crippen LogP contribution in [-0.2, 0) is 0 Å². The molecule has 25 heavy (non-hydrogen) atoms. The van der Waals surface area contributed by atoms with Crippen molar-refractivity contribution in [1.82, 2.24) is 4.68 Å². The van der Waals surface area contributed by atoms with Crippen molar-refractivity contribution >= 4 is 34.6 Å². The smallest absolute Gasteiger partial charge is 0.258 e. The lowest BCUT2D eigenvalue weighted by Crippen LogP contribution is -2.12. The zero-order valence-electron chi connectivity index (χ0n) is 13.7. The molecule has 0 saturated heterocycles. The van der Waals surface area contributed by atoms with Gasteiger partial charge in [-0.1, -0.05) is 0 Å². The third-order valence-electron chi connectivity index (χ3n) is 3.41. The molecule has 0 bridgehead atoms. The molecular formula is C17H16N4O2S2. The van der Waals surface area contributed by atoms with E-state index in [0.29, 0.717) is 6.54 Å². The highest BCUT2D eigenvalue weighted by Gasteiger charge is 2.10. The van der Waals surface area contributed by atoms with Gasteiger partial charge < -0.3 is 0 Å². The normalized spacial score (nSPS) is 12.2. The Balaban J connectivity index is 2.03. The van der Waals surface area contributed by atoms with Crippen LogP contribution in [0.25, 0.3) is 11.3 Å². The summed E-state index contributed by atoms with van der Waals surface area (Å²) in [7, 11) is 0. The molecule has 0 saturated carbocycles. The van der Waals surface area contributed by atoms with E-state index in [4.69, 9.17) is 0 Å². The van der Waals surface area contributed by atoms with E-state index in [1.165, 1.54) is 28.3 Å². The number of nitro benzene ring substituents is 1. The Kier molecular flexibility index (Phi) is 5.20. The number of rotatable bonds is 5. The van der Waals surface area contributed by atoms with Gasteiger partial charge in [0.15, 0.2) is 0 Å². The maximum atomic E-state index is 10.8. The van der Waals surface area contributed by atoms with E-state index in [-0.39, 0.29) is 5.69 Å². The van der Waals surface area contributed by atoms with Crippen LogP contribution >= 0.6 is 22.7 Å². The minimum atomic E-state index is -0.402. The van der Waals surface area contributed by atoms with Gasteiger partial charge in [-0.2, -0.15) is 5.10 Å². The van der Waals surface area contributed by atoms with Gasteiger partial charge in [-0.3, -0.25) is 15.1 Å². The Labute approximate surface area is 152 Å². The Bertz CT molecular complexity index is 981. The number of nitro groups is 1. The van der Waals surface area contributed by atoms with Crippen LogP contribution in [0, 0.1) is 17.0 Å². The van der Waals surface area contributed by atoms with Gasteiger partial charge in [0.25, 0.3) is 5.69 Å². The van der Waals surface area contributed by atoms with Crippen LogP contribution in [0.5, 0.6) is 0 Å². The predicted octanol–water partition coefficient (Wildman–Crippen LogP) is 4.30. The molecular weight excluding hydrogens is 356 g/mol. The number of thiophene rings is 1. The largest absolute Gasteiger partial charge is 0.269 e. The highest BCUT2D eigenvalue weighted by Crippen LogP contribution is 2.23. The van der Waals surface area contributed by atoms with Gasteiger partial charge in [-0.25, -0.2) is 4.68 Å². The van der Waals surface area contributed by atoms with Crippen LogP contribution in [0.3, 0.4) is 0 Å². The molecule has 0 spiro atoms. The fourth-order valence-electron chi connectivity index (χ4n) is 2.24. The fraction of sp³-hybridized carbons (Fsp3) is 0.176. The molecule has 0 fully saturated rings. The van der Waals surface area contributed by atoms with E-state index < -0.39 is 4.92 Å². The summed E-state index contributed by atoms with van der Waals surface area (Å²) in [4.78, 5) is 18.0. The average molecular weight is 372 g/mol. The van der Waals surface area contributed by atoms with Gasteiger partial charge in [0.1, 0.15) is 0 Å². The van der Waals surface area contributed by atoms with Crippen LogP contribution < -0.4 is 4.80 Å². The molecule has 8 heteroatoms. The molecule has 0 unspecified atom stereocenters. The topological polar surface area (TPSA) is 72.8 Å². The zero-order valence-corrected chi connectivity index (χ0v) is 15.4. The quantitative estimate of drug-likeness (QED) is 0.380. The van der Waals surface area contributed by atoms with Crippen molar-refractivity contribution in [2.45, 2.75) is 13.8 Å². The Morgan fingerprint density at radius 3 is 2.60 bits per heavy atom. The van der Waals surface area contributed by atoms with Crippen molar-refractivity contribution in [3.8, 4) is 11.3 Å². The summed E-state index contributed by atoms with van der Waals surface area (Å²) in [5.74, 6) is 0. The van der Waals surface area contributed by atoms with Crippen molar-refractivity contribution < 1.29 is 4.92 Å². The number of hydrogen-bond donors (Lipinski definition) is 0. The van der Waals surface area contributed by atoms with Crippen molar-refractivity contribution in [2.75, 3.05) is 6.54 Å². The maximum absolute atomic E-state index is 10.8. The van der Waals surface area contributed by atoms with Crippen molar-refractivity contribution in [1.29, 1.82) is 0 Å². The molecule has 3 aromatic rings. The first-order chi connectivity index (χ1) is 12.1. The van der Waals surface area contributed by atoms with E-state index in [1.54, 1.807) is 28.1 Å². The van der Waals surface area contributed by atoms with E-state index in [0.717, 1.165) is 20.9 Å². The van der Waals surface area contributed by atoms with Crippen LogP contribution in [0.2, 0.25) is 0 Å². The Morgan fingerprint density at radius 2 is 2.00 bits per heavy atom. The standard InChI is InChI=1S/C17H16N4O2S2/c1-3-18-17-20(19-10-15-9-4-12(2)25-15)16(11-24-17)13-5-7-14(8-6-13)21(22)23/h4-11H,3H2,1-2H3. The molecule has 0 aliphatic heterocycles. The third-order valence-corrected chi connectivity index (χ3v) is 5.20. The van der Waals surface area contributed by atoms with Gasteiger partial charge in [0, 0.05) is 39.4 Å². The van der Waals surface area contributed by atoms with Crippen LogP contribution in [0.4, 0.5) is 5.69 Å². The van der Waals surface area contributed by atoms with Crippen molar-refractivity contribution in [3.63, 3.8) is 0 Å². The van der Waals surface area contributed by atoms with Crippen molar-refractivity contribution in [2.24, 2.45) is 10.1 Å². The van der Waals surface area contributed by atoms with E-state index in [1.807, 2.05) is 24.6 Å². The summed E-state index contributed by atoms with van der Waals surface area (Å²) in [6.07, 6.45) is 1.81. The number of hydrogen-bond acceptors (Lipinski definition) is 6. The number of non-ortho nitro benzene ring substituents is 1. The van der Waals surface area contributed by atoms with Crippen LogP contribution in [-0.4, -0.2) is 22.4 Å². The Morgan fingerprint density at radius 1 is 1.24 bits per heavy atom. The molecule has 0 amide bonds. The number of benzene rings is 1. The van der Waals surface area contributed by atoms with Gasteiger partial charge in [0.2, 0.25) is 4.80 Å². The highest BCUT2D eigenvalue weighted by molar-refractivity contribution is 7.13. The minimum absolute atomic E-state index is 0.0709. The molecule has 0 aliphatic rings. The summed E-state index contributed by atoms with van der Waals surface area (Å²) in [5, 5.41) is 17.4. The lowest BCUT2D eigenvalue weighted by atomic mass is 10.1. The predicted molar refractivity (Wildman–Crippen MR) is 103 cm³/mol. The molecule has 6 nitrogen and oxygen atoms in total. The Hall–Kier alpha value is -2.58. The lowest BCUT2D eigenvalue weighted by Gasteiger charge is -2.03. The van der Waals surface area contributed by atoms with Gasteiger partial charge >= 0.3 is 0 Å². The number of thiazole rings is 1. The van der Waals surface area contributed by atoms with E-state index in [9.17, 15) is 10.1 Å². The van der Waals surface area contributed by atoms with Crippen LogP contribution in [0.1, 0.15) is 16.7 Å². The minimum Gasteiger partial charge on any atom is -0.258 e. The number of nitrogens with zero attached hydrogens (tertiary/aromatic N) is 4. The summed E-state index contributed by atoms with van der Waals surface area (Å²) in [6, 6.07) is 10.5. The maximum Gasteiger partial charge on any atom is 0.269 e. The van der Waals surface area contributed by atoms with Crippen LogP contribution in [0.15, 0.2) is 51.9 Å². The molecule has 0 aliphatic carbocycles. The summed E-state index contributed by atoms with van der Waals surface area (Å²) < 4.78 is 1.78. The molecule has 2 heterocycles. The molecule has 0 radical (unpaired) electrons. The van der Waals surface area contributed by atoms with Gasteiger partial charge in [0.05, 0.1) is 16.8 Å². The second-order valence-electron chi connectivity index (χ2n) is 5.19. The summed E-state index contributed by atoms with van der Waals surface area (Å²) >= 11 is 3.17. The third kappa shape index (κ3) is 3.92. The molecule has 1 aromatic carbocycles. The average Bonchev–Trinajstić information content (AvgIpc) is 3.19. The first-order valence-corrected chi connectivity index (χ1v) is 9.34. The fourth-order valence-corrected chi connectivity index (χ4v) is 3.89. The molecule has 2 aromatic heterocycles. The number of aromatic nitrogens is 1. The second-order valence-corrected chi connectivity index (χ2v) is 7.34. The van der Waals surface area contributed by atoms with E-state index >= 15 is 0 Å². The number of aryl methyl sites for hydroxylation is 1. The monoisotopic (exact) mass is 372 g/mol. The highest BCUT2D eigenvalue weighted by atomic mass is 32.1. The first kappa shape index (κ1) is 17.2. The van der Waals surface area contributed by atoms with Gasteiger partial charge in [-0.05, 0) is 38.1 Å². The van der Waals surface area contributed by atoms with Crippen molar-refractivity contribution in [3.05, 3.63) is 66.4 Å².